The second-order valence-corrected chi connectivity index (χ2v) is 12.7. The molecule has 3 aliphatic heterocycles. The number of halogens is 2. The number of nitrogens with zero attached hydrogens (tertiary/aromatic N) is 3. The van der Waals surface area contributed by atoms with Gasteiger partial charge in [0.2, 0.25) is 0 Å². The fourth-order valence-corrected chi connectivity index (χ4v) is 7.18. The summed E-state index contributed by atoms with van der Waals surface area (Å²) >= 11 is 7.36. The molecular weight excluding hydrogens is 617 g/mol. The number of carbonyl (C=O) groups is 2. The molecule has 12 heteroatoms. The standard InChI is InChI=1S/C33H35ClFN5O4S/c1-20-8-6-13-36-31-27-28(38-33(42)40(31)22-10-11-24(35)23(34)19-22)30(45-29(20)27)32(41)37-21-9-12-25(26(18-21)43-2)44-17-7-16-39-14-4-3-5-15-39/h9-13,18-19H,3-8,14-17H2,1-2H3,(H,37,41)(H,38,42)/b29-20-,36-13-. The zero-order valence-electron chi connectivity index (χ0n) is 25.3. The normalized spacial score (nSPS) is 18.4. The molecular formula is C33H35ClFN5O4S. The van der Waals surface area contributed by atoms with E-state index in [-0.39, 0.29) is 10.9 Å². The predicted octanol–water partition coefficient (Wildman–Crippen LogP) is 6.21. The van der Waals surface area contributed by atoms with Crippen LogP contribution in [0.25, 0.3) is 11.4 Å². The summed E-state index contributed by atoms with van der Waals surface area (Å²) in [5, 5.41) is 6.38. The molecule has 3 aromatic rings. The molecule has 0 spiro atoms. The van der Waals surface area contributed by atoms with Crippen LogP contribution in [0.5, 0.6) is 11.5 Å². The van der Waals surface area contributed by atoms with Crippen LogP contribution in [-0.4, -0.2) is 56.4 Å². The number of piperidine rings is 1. The molecule has 0 radical (unpaired) electrons. The van der Waals surface area contributed by atoms with Crippen molar-refractivity contribution in [2.24, 2.45) is 4.99 Å². The van der Waals surface area contributed by atoms with Crippen LogP contribution in [0.4, 0.5) is 26.2 Å². The van der Waals surface area contributed by atoms with Crippen molar-refractivity contribution in [1.82, 2.24) is 4.90 Å². The molecule has 4 heterocycles. The van der Waals surface area contributed by atoms with Crippen molar-refractivity contribution in [3.63, 3.8) is 0 Å². The van der Waals surface area contributed by atoms with Crippen molar-refractivity contribution < 1.29 is 23.5 Å². The Kier molecular flexibility index (Phi) is 9.39. The van der Waals surface area contributed by atoms with Gasteiger partial charge >= 0.3 is 6.03 Å². The number of ether oxygens (including phenoxy) is 2. The topological polar surface area (TPSA) is 95.5 Å². The lowest BCUT2D eigenvalue weighted by atomic mass is 10.1. The lowest BCUT2D eigenvalue weighted by molar-refractivity contribution is 0.103. The Hall–Kier alpha value is -3.93. The predicted molar refractivity (Wildman–Crippen MR) is 178 cm³/mol. The van der Waals surface area contributed by atoms with Gasteiger partial charge < -0.3 is 25.0 Å². The van der Waals surface area contributed by atoms with Gasteiger partial charge in [0.25, 0.3) is 5.91 Å². The van der Waals surface area contributed by atoms with Crippen LogP contribution >= 0.6 is 22.9 Å². The van der Waals surface area contributed by atoms with Crippen molar-refractivity contribution in [2.45, 2.75) is 45.4 Å². The molecule has 9 nitrogen and oxygen atoms in total. The molecule has 0 bridgehead atoms. The minimum atomic E-state index is -0.590. The van der Waals surface area contributed by atoms with Gasteiger partial charge in [0.15, 0.2) is 17.3 Å². The van der Waals surface area contributed by atoms with Crippen LogP contribution in [-0.2, 0) is 0 Å². The van der Waals surface area contributed by atoms with Crippen molar-refractivity contribution in [1.29, 1.82) is 0 Å². The zero-order valence-corrected chi connectivity index (χ0v) is 26.8. The van der Waals surface area contributed by atoms with E-state index in [1.165, 1.54) is 53.7 Å². The number of aliphatic imine (C=N–C) groups is 1. The average Bonchev–Trinajstić information content (AvgIpc) is 3.42. The van der Waals surface area contributed by atoms with E-state index in [0.29, 0.717) is 57.5 Å². The van der Waals surface area contributed by atoms with Crippen LogP contribution in [0.1, 0.15) is 55.1 Å². The highest BCUT2D eigenvalue weighted by atomic mass is 35.5. The summed E-state index contributed by atoms with van der Waals surface area (Å²) in [6, 6.07) is 8.82. The van der Waals surface area contributed by atoms with Gasteiger partial charge in [-0.1, -0.05) is 23.6 Å². The lowest BCUT2D eigenvalue weighted by Gasteiger charge is -2.27. The van der Waals surface area contributed by atoms with E-state index < -0.39 is 11.8 Å². The first-order valence-electron chi connectivity index (χ1n) is 15.1. The molecule has 0 aliphatic carbocycles. The second-order valence-electron chi connectivity index (χ2n) is 11.3. The number of likely N-dealkylation sites (tertiary alicyclic amines) is 1. The number of rotatable bonds is 9. The number of nitrogens with one attached hydrogen (secondary N) is 2. The molecule has 3 aliphatic rings. The Bertz CT molecular complexity index is 1790. The maximum Gasteiger partial charge on any atom is 0.332 e. The maximum absolute atomic E-state index is 14.0. The molecule has 0 saturated carbocycles. The minimum absolute atomic E-state index is 0.112. The second kappa shape index (κ2) is 13.6. The Labute approximate surface area is 270 Å². The highest BCUT2D eigenvalue weighted by molar-refractivity contribution is 7.13. The number of hydrogen-bond donors (Lipinski definition) is 2. The quantitative estimate of drug-likeness (QED) is 0.268. The van der Waals surface area contributed by atoms with Gasteiger partial charge in [-0.2, -0.15) is 0 Å². The third-order valence-corrected chi connectivity index (χ3v) is 9.78. The molecule has 0 atom stereocenters. The van der Waals surface area contributed by atoms with Crippen LogP contribution in [0.15, 0.2) is 41.4 Å². The first-order chi connectivity index (χ1) is 21.8. The van der Waals surface area contributed by atoms with E-state index in [9.17, 15) is 14.0 Å². The molecule has 1 aromatic heterocycles. The van der Waals surface area contributed by atoms with Crippen LogP contribution in [0, 0.1) is 5.82 Å². The van der Waals surface area contributed by atoms with Crippen molar-refractivity contribution in [2.75, 3.05) is 48.9 Å². The highest BCUT2D eigenvalue weighted by Crippen LogP contribution is 2.33. The van der Waals surface area contributed by atoms with E-state index in [1.807, 2.05) is 6.92 Å². The molecule has 2 N–H and O–H groups in total. The van der Waals surface area contributed by atoms with E-state index in [2.05, 4.69) is 20.5 Å². The number of anilines is 3. The minimum Gasteiger partial charge on any atom is -0.493 e. The van der Waals surface area contributed by atoms with Crippen molar-refractivity contribution in [3.8, 4) is 11.5 Å². The first kappa shape index (κ1) is 31.1. The molecule has 1 saturated heterocycles. The summed E-state index contributed by atoms with van der Waals surface area (Å²) in [5.74, 6) is 0.506. The smallest absolute Gasteiger partial charge is 0.332 e. The summed E-state index contributed by atoms with van der Waals surface area (Å²) < 4.78 is 26.4. The van der Waals surface area contributed by atoms with Gasteiger partial charge in [-0.3, -0.25) is 4.79 Å². The number of benzene rings is 2. The fourth-order valence-electron chi connectivity index (χ4n) is 5.83. The monoisotopic (exact) mass is 651 g/mol. The van der Waals surface area contributed by atoms with Gasteiger partial charge in [-0.25, -0.2) is 19.1 Å². The van der Waals surface area contributed by atoms with E-state index in [0.717, 1.165) is 42.6 Å². The number of thiophene rings is 1. The van der Waals surface area contributed by atoms with Gasteiger partial charge in [0, 0.05) is 29.0 Å². The Morgan fingerprint density at radius 1 is 1.16 bits per heavy atom. The van der Waals surface area contributed by atoms with Crippen LogP contribution in [0.3, 0.4) is 0 Å². The largest absolute Gasteiger partial charge is 0.493 e. The van der Waals surface area contributed by atoms with Crippen LogP contribution < -0.4 is 34.8 Å². The third-order valence-electron chi connectivity index (χ3n) is 8.14. The van der Waals surface area contributed by atoms with Gasteiger partial charge in [-0.05, 0) is 82.4 Å². The fraction of sp³-hybridized carbons (Fsp3) is 0.364. The summed E-state index contributed by atoms with van der Waals surface area (Å²) in [5.41, 5.74) is 2.34. The molecule has 1 fully saturated rings. The van der Waals surface area contributed by atoms with Crippen molar-refractivity contribution in [3.05, 3.63) is 61.9 Å². The Morgan fingerprint density at radius 2 is 1.98 bits per heavy atom. The summed E-state index contributed by atoms with van der Waals surface area (Å²) in [4.78, 5) is 36.1. The van der Waals surface area contributed by atoms with E-state index in [4.69, 9.17) is 21.1 Å². The Morgan fingerprint density at radius 3 is 2.76 bits per heavy atom. The lowest BCUT2D eigenvalue weighted by Crippen LogP contribution is -2.45. The first-order valence-corrected chi connectivity index (χ1v) is 16.3. The molecule has 3 amide bonds. The van der Waals surface area contributed by atoms with Gasteiger partial charge in [0.05, 0.1) is 35.3 Å². The summed E-state index contributed by atoms with van der Waals surface area (Å²) in [6.45, 7) is 5.90. The highest BCUT2D eigenvalue weighted by Gasteiger charge is 2.32. The SMILES string of the molecule is COc1cc(NC(=O)c2s/c3c4c2NC(=O)N(c2ccc(F)c(Cl)c2)C=4/N=C\CC/C=3C)ccc1OCCCN1CCCCC1. The Balaban J connectivity index is 1.27. The van der Waals surface area contributed by atoms with Gasteiger partial charge in [-0.15, -0.1) is 11.3 Å². The summed E-state index contributed by atoms with van der Waals surface area (Å²) in [6.07, 6.45) is 7.93. The van der Waals surface area contributed by atoms with Gasteiger partial charge in [0.1, 0.15) is 10.7 Å². The maximum atomic E-state index is 14.0. The average molecular weight is 652 g/mol. The zero-order chi connectivity index (χ0) is 31.5. The van der Waals surface area contributed by atoms with Crippen LogP contribution in [0.2, 0.25) is 5.02 Å². The van der Waals surface area contributed by atoms with E-state index in [1.54, 1.807) is 31.5 Å². The molecule has 45 heavy (non-hydrogen) atoms. The summed E-state index contributed by atoms with van der Waals surface area (Å²) in [7, 11) is 1.57. The molecule has 2 aromatic carbocycles. The van der Waals surface area contributed by atoms with E-state index >= 15 is 0 Å². The number of carbonyl (C=O) groups excluding carboxylic acids is 2. The number of methoxy groups -OCH3 is 1. The number of amides is 3. The molecule has 0 unspecified atom stereocenters. The number of hydrogen-bond acceptors (Lipinski definition) is 7. The van der Waals surface area contributed by atoms with Crippen molar-refractivity contribution >= 4 is 69.5 Å². The molecule has 236 valence electrons. The molecule has 6 rings (SSSR count). The number of urea groups is 1. The third kappa shape index (κ3) is 6.56.